The number of hydrogen-bond donors (Lipinski definition) is 2. The van der Waals surface area contributed by atoms with E-state index >= 15 is 0 Å². The van der Waals surface area contributed by atoms with Gasteiger partial charge in [0.25, 0.3) is 5.56 Å². The molecular formula is C23H24ClN3O4. The summed E-state index contributed by atoms with van der Waals surface area (Å²) in [4.78, 5) is 30.4. The highest BCUT2D eigenvalue weighted by Gasteiger charge is 2.18. The van der Waals surface area contributed by atoms with E-state index in [-0.39, 0.29) is 31.0 Å². The molecule has 3 rings (SSSR count). The molecule has 1 heterocycles. The van der Waals surface area contributed by atoms with Crippen LogP contribution in [0.4, 0.5) is 5.69 Å². The largest absolute Gasteiger partial charge is 0.494 e. The van der Waals surface area contributed by atoms with Crippen molar-refractivity contribution in [2.75, 3.05) is 18.5 Å². The van der Waals surface area contributed by atoms with Crippen LogP contribution in [0, 0.1) is 6.92 Å². The van der Waals surface area contributed by atoms with Crippen molar-refractivity contribution in [1.29, 1.82) is 0 Å². The average Bonchev–Trinajstić information content (AvgIpc) is 2.74. The molecule has 0 saturated heterocycles. The first kappa shape index (κ1) is 22.5. The maximum atomic E-state index is 13.1. The average molecular weight is 442 g/mol. The molecule has 0 aliphatic rings. The van der Waals surface area contributed by atoms with E-state index in [1.165, 1.54) is 4.57 Å². The van der Waals surface area contributed by atoms with Gasteiger partial charge in [-0.05, 0) is 50.2 Å². The molecule has 0 spiro atoms. The second-order valence-electron chi connectivity index (χ2n) is 6.88. The third kappa shape index (κ3) is 5.51. The van der Waals surface area contributed by atoms with Crippen molar-refractivity contribution in [2.45, 2.75) is 26.8 Å². The minimum Gasteiger partial charge on any atom is -0.494 e. The standard InChI is InChI=1S/C23H24ClN3O4/c1-3-31-19-9-7-18(8-10-19)26-21(29)14-27-22(16-5-4-6-17(24)13-16)25-15(2)20(11-12-28)23(27)30/h4-10,13,28H,3,11-12,14H2,1-2H3,(H,26,29). The first-order valence-electron chi connectivity index (χ1n) is 9.92. The molecule has 31 heavy (non-hydrogen) atoms. The summed E-state index contributed by atoms with van der Waals surface area (Å²) in [6.45, 7) is 3.74. The van der Waals surface area contributed by atoms with E-state index in [0.717, 1.165) is 0 Å². The zero-order chi connectivity index (χ0) is 22.4. The Balaban J connectivity index is 1.95. The number of ether oxygens (including phenoxy) is 1. The number of aliphatic hydroxyl groups is 1. The third-order valence-corrected chi connectivity index (χ3v) is 4.90. The van der Waals surface area contributed by atoms with Gasteiger partial charge >= 0.3 is 0 Å². The molecule has 8 heteroatoms. The van der Waals surface area contributed by atoms with Gasteiger partial charge in [0.05, 0.1) is 6.61 Å². The molecule has 1 amide bonds. The molecule has 0 aliphatic carbocycles. The Kier molecular flexibility index (Phi) is 7.44. The number of anilines is 1. The van der Waals surface area contributed by atoms with Gasteiger partial charge in [-0.2, -0.15) is 0 Å². The number of benzene rings is 2. The van der Waals surface area contributed by atoms with Crippen LogP contribution in [0.25, 0.3) is 11.4 Å². The molecule has 162 valence electrons. The Hall–Kier alpha value is -3.16. The summed E-state index contributed by atoms with van der Waals surface area (Å²) >= 11 is 6.12. The number of amides is 1. The number of nitrogens with one attached hydrogen (secondary N) is 1. The minimum atomic E-state index is -0.380. The fourth-order valence-corrected chi connectivity index (χ4v) is 3.43. The summed E-state index contributed by atoms with van der Waals surface area (Å²) in [6.07, 6.45) is 0.161. The molecular weight excluding hydrogens is 418 g/mol. The lowest BCUT2D eigenvalue weighted by molar-refractivity contribution is -0.116. The molecule has 0 fully saturated rings. The predicted octanol–water partition coefficient (Wildman–Crippen LogP) is 3.44. The van der Waals surface area contributed by atoms with E-state index < -0.39 is 0 Å². The van der Waals surface area contributed by atoms with E-state index in [9.17, 15) is 14.7 Å². The Bertz CT molecular complexity index is 1130. The SMILES string of the molecule is CCOc1ccc(NC(=O)Cn2c(-c3cccc(Cl)c3)nc(C)c(CCO)c2=O)cc1. The molecule has 1 aromatic heterocycles. The van der Waals surface area contributed by atoms with Gasteiger partial charge in [-0.1, -0.05) is 23.7 Å². The van der Waals surface area contributed by atoms with Gasteiger partial charge < -0.3 is 15.2 Å². The molecule has 0 unspecified atom stereocenters. The first-order valence-corrected chi connectivity index (χ1v) is 10.3. The topological polar surface area (TPSA) is 93.4 Å². The number of nitrogens with zero attached hydrogens (tertiary/aromatic N) is 2. The van der Waals surface area contributed by atoms with E-state index in [4.69, 9.17) is 16.3 Å². The number of aryl methyl sites for hydroxylation is 1. The smallest absolute Gasteiger partial charge is 0.257 e. The summed E-state index contributed by atoms with van der Waals surface area (Å²) in [5.74, 6) is 0.667. The number of aliphatic hydroxyl groups excluding tert-OH is 1. The van der Waals surface area contributed by atoms with Gasteiger partial charge in [0.1, 0.15) is 18.1 Å². The lowest BCUT2D eigenvalue weighted by Crippen LogP contribution is -2.33. The molecule has 0 bridgehead atoms. The molecule has 2 N–H and O–H groups in total. The van der Waals surface area contributed by atoms with Gasteiger partial charge in [-0.25, -0.2) is 4.98 Å². The highest BCUT2D eigenvalue weighted by Crippen LogP contribution is 2.22. The second-order valence-corrected chi connectivity index (χ2v) is 7.32. The monoisotopic (exact) mass is 441 g/mol. The van der Waals surface area contributed by atoms with Crippen molar-refractivity contribution >= 4 is 23.2 Å². The Morgan fingerprint density at radius 1 is 1.23 bits per heavy atom. The van der Waals surface area contributed by atoms with Crippen LogP contribution in [-0.2, 0) is 17.8 Å². The van der Waals surface area contributed by atoms with Gasteiger partial charge in [0.15, 0.2) is 0 Å². The van der Waals surface area contributed by atoms with E-state index in [1.54, 1.807) is 55.5 Å². The van der Waals surface area contributed by atoms with Crippen LogP contribution >= 0.6 is 11.6 Å². The lowest BCUT2D eigenvalue weighted by Gasteiger charge is -2.16. The number of aromatic nitrogens is 2. The summed E-state index contributed by atoms with van der Waals surface area (Å²) < 4.78 is 6.71. The Morgan fingerprint density at radius 2 is 1.97 bits per heavy atom. The highest BCUT2D eigenvalue weighted by atomic mass is 35.5. The van der Waals surface area contributed by atoms with Crippen molar-refractivity contribution in [3.8, 4) is 17.1 Å². The van der Waals surface area contributed by atoms with Crippen molar-refractivity contribution < 1.29 is 14.6 Å². The highest BCUT2D eigenvalue weighted by molar-refractivity contribution is 6.30. The van der Waals surface area contributed by atoms with Crippen molar-refractivity contribution in [2.24, 2.45) is 0 Å². The van der Waals surface area contributed by atoms with Gasteiger partial charge in [0.2, 0.25) is 5.91 Å². The quantitative estimate of drug-likeness (QED) is 0.558. The molecule has 0 radical (unpaired) electrons. The van der Waals surface area contributed by atoms with E-state index in [1.807, 2.05) is 6.92 Å². The summed E-state index contributed by atoms with van der Waals surface area (Å²) in [6, 6.07) is 13.9. The van der Waals surface area contributed by atoms with Gasteiger partial charge in [-0.15, -0.1) is 0 Å². The zero-order valence-electron chi connectivity index (χ0n) is 17.4. The Labute approximate surface area is 185 Å². The fourth-order valence-electron chi connectivity index (χ4n) is 3.24. The molecule has 0 atom stereocenters. The van der Waals surface area contributed by atoms with Crippen LogP contribution in [0.2, 0.25) is 5.02 Å². The molecule has 0 aliphatic heterocycles. The number of rotatable bonds is 8. The number of halogens is 1. The Morgan fingerprint density at radius 3 is 2.61 bits per heavy atom. The molecule has 3 aromatic rings. The van der Waals surface area contributed by atoms with Crippen molar-refractivity contribution in [3.63, 3.8) is 0 Å². The number of carbonyl (C=O) groups is 1. The normalized spacial score (nSPS) is 10.7. The van der Waals surface area contributed by atoms with Crippen LogP contribution < -0.4 is 15.6 Å². The van der Waals surface area contributed by atoms with E-state index in [0.29, 0.717) is 45.7 Å². The second kappa shape index (κ2) is 10.2. The van der Waals surface area contributed by atoms with E-state index in [2.05, 4.69) is 10.3 Å². The summed E-state index contributed by atoms with van der Waals surface area (Å²) in [7, 11) is 0. The number of hydrogen-bond acceptors (Lipinski definition) is 5. The molecule has 0 saturated carbocycles. The van der Waals surface area contributed by atoms with Crippen LogP contribution in [0.15, 0.2) is 53.3 Å². The van der Waals surface area contributed by atoms with Crippen LogP contribution in [0.1, 0.15) is 18.2 Å². The number of carbonyl (C=O) groups excluding carboxylic acids is 1. The fraction of sp³-hybridized carbons (Fsp3) is 0.261. The predicted molar refractivity (Wildman–Crippen MR) is 121 cm³/mol. The van der Waals surface area contributed by atoms with Crippen LogP contribution in [0.3, 0.4) is 0 Å². The maximum absolute atomic E-state index is 13.1. The van der Waals surface area contributed by atoms with Gasteiger partial charge in [0, 0.05) is 40.6 Å². The summed E-state index contributed by atoms with van der Waals surface area (Å²) in [5.41, 5.74) is 1.73. The maximum Gasteiger partial charge on any atom is 0.257 e. The van der Waals surface area contributed by atoms with Crippen LogP contribution in [-0.4, -0.2) is 33.8 Å². The third-order valence-electron chi connectivity index (χ3n) is 4.66. The minimum absolute atomic E-state index is 0.161. The van der Waals surface area contributed by atoms with Gasteiger partial charge in [-0.3, -0.25) is 14.2 Å². The van der Waals surface area contributed by atoms with Crippen LogP contribution in [0.5, 0.6) is 5.75 Å². The molecule has 2 aromatic carbocycles. The zero-order valence-corrected chi connectivity index (χ0v) is 18.1. The lowest BCUT2D eigenvalue weighted by atomic mass is 10.1. The first-order chi connectivity index (χ1) is 14.9. The summed E-state index contributed by atoms with van der Waals surface area (Å²) in [5, 5.41) is 12.6. The molecule has 7 nitrogen and oxygen atoms in total. The van der Waals surface area contributed by atoms with Crippen molar-refractivity contribution in [1.82, 2.24) is 9.55 Å². The van der Waals surface area contributed by atoms with Crippen molar-refractivity contribution in [3.05, 3.63) is 75.2 Å².